The maximum Gasteiger partial charge on any atom is 0.343 e. The molecular formula is C19H22N4O5. The molecule has 1 aromatic carbocycles. The number of nitrogens with zero attached hydrogens (tertiary/aromatic N) is 3. The number of hydrogen-bond acceptors (Lipinski definition) is 8. The number of anilines is 1. The average molecular weight is 386 g/mol. The van der Waals surface area contributed by atoms with E-state index >= 15 is 0 Å². The van der Waals surface area contributed by atoms with Gasteiger partial charge in [-0.1, -0.05) is 6.07 Å². The van der Waals surface area contributed by atoms with E-state index in [1.54, 1.807) is 34.3 Å². The van der Waals surface area contributed by atoms with Gasteiger partial charge in [-0.25, -0.2) is 9.78 Å². The number of esters is 1. The molecule has 0 aliphatic heterocycles. The van der Waals surface area contributed by atoms with Gasteiger partial charge < -0.3 is 24.7 Å². The fourth-order valence-electron chi connectivity index (χ4n) is 2.94. The Hall–Kier alpha value is -3.33. The van der Waals surface area contributed by atoms with Crippen molar-refractivity contribution in [1.29, 1.82) is 0 Å². The highest BCUT2D eigenvalue weighted by molar-refractivity contribution is 5.95. The Morgan fingerprint density at radius 1 is 1.18 bits per heavy atom. The molecule has 2 aromatic heterocycles. The molecule has 0 saturated heterocycles. The van der Waals surface area contributed by atoms with Crippen molar-refractivity contribution in [2.24, 2.45) is 0 Å². The molecule has 0 unspecified atom stereocenters. The van der Waals surface area contributed by atoms with E-state index in [1.165, 1.54) is 10.7 Å². The Bertz CT molecular complexity index is 1020. The summed E-state index contributed by atoms with van der Waals surface area (Å²) in [5.74, 6) is 0.769. The Kier molecular flexibility index (Phi) is 5.65. The van der Waals surface area contributed by atoms with E-state index in [9.17, 15) is 4.79 Å². The summed E-state index contributed by atoms with van der Waals surface area (Å²) in [6.45, 7) is 2.20. The molecule has 9 nitrogen and oxygen atoms in total. The Morgan fingerprint density at radius 3 is 2.57 bits per heavy atom. The molecule has 2 N–H and O–H groups in total. The molecule has 0 amide bonds. The summed E-state index contributed by atoms with van der Waals surface area (Å²) in [6, 6.07) is 5.49. The van der Waals surface area contributed by atoms with Crippen molar-refractivity contribution >= 4 is 17.4 Å². The molecule has 9 heteroatoms. The lowest BCUT2D eigenvalue weighted by Crippen LogP contribution is -2.12. The first-order valence-corrected chi connectivity index (χ1v) is 8.60. The number of carbonyl (C=O) groups is 1. The van der Waals surface area contributed by atoms with E-state index in [0.29, 0.717) is 22.8 Å². The van der Waals surface area contributed by atoms with E-state index in [0.717, 1.165) is 11.1 Å². The summed E-state index contributed by atoms with van der Waals surface area (Å²) in [6.07, 6.45) is 1.39. The first kappa shape index (κ1) is 19.4. The lowest BCUT2D eigenvalue weighted by atomic mass is 10.0. The van der Waals surface area contributed by atoms with Crippen LogP contribution in [0.4, 0.5) is 5.82 Å². The predicted molar refractivity (Wildman–Crippen MR) is 103 cm³/mol. The van der Waals surface area contributed by atoms with Crippen LogP contribution in [0.1, 0.15) is 23.0 Å². The van der Waals surface area contributed by atoms with Crippen LogP contribution in [-0.4, -0.2) is 48.5 Å². The second kappa shape index (κ2) is 8.13. The molecule has 0 bridgehead atoms. The fraction of sp³-hybridized carbons (Fsp3) is 0.316. The van der Waals surface area contributed by atoms with Gasteiger partial charge in [0, 0.05) is 13.3 Å². The summed E-state index contributed by atoms with van der Waals surface area (Å²) in [5, 5.41) is 4.50. The average Bonchev–Trinajstić information content (AvgIpc) is 3.07. The van der Waals surface area contributed by atoms with Crippen LogP contribution in [0.5, 0.6) is 11.5 Å². The number of benzene rings is 1. The zero-order valence-electron chi connectivity index (χ0n) is 16.2. The van der Waals surface area contributed by atoms with Crippen molar-refractivity contribution in [3.8, 4) is 22.6 Å². The maximum atomic E-state index is 12.1. The van der Waals surface area contributed by atoms with Crippen LogP contribution in [0, 0.1) is 0 Å². The van der Waals surface area contributed by atoms with Crippen molar-refractivity contribution in [2.45, 2.75) is 13.5 Å². The highest BCUT2D eigenvalue weighted by Gasteiger charge is 2.22. The quantitative estimate of drug-likeness (QED) is 0.616. The van der Waals surface area contributed by atoms with Crippen LogP contribution in [0.2, 0.25) is 0 Å². The molecule has 0 spiro atoms. The van der Waals surface area contributed by atoms with Crippen molar-refractivity contribution in [2.75, 3.05) is 33.7 Å². The lowest BCUT2D eigenvalue weighted by Gasteiger charge is -2.10. The molecule has 28 heavy (non-hydrogen) atoms. The van der Waals surface area contributed by atoms with Gasteiger partial charge in [-0.05, 0) is 24.6 Å². The van der Waals surface area contributed by atoms with Crippen molar-refractivity contribution in [3.63, 3.8) is 0 Å². The van der Waals surface area contributed by atoms with Gasteiger partial charge in [0.25, 0.3) is 0 Å². The number of hydrogen-bond donors (Lipinski definition) is 1. The standard InChI is InChI=1S/C19H22N4O5/c1-5-28-19(24)12-9-21-18-16(13(10-25-2)22-23(18)17(12)20)11-6-7-14(26-3)15(8-11)27-4/h6-9H,5,10,20H2,1-4H3. The summed E-state index contributed by atoms with van der Waals surface area (Å²) in [4.78, 5) is 16.5. The largest absolute Gasteiger partial charge is 0.493 e. The smallest absolute Gasteiger partial charge is 0.343 e. The summed E-state index contributed by atoms with van der Waals surface area (Å²) < 4.78 is 22.4. The van der Waals surface area contributed by atoms with Crippen LogP contribution in [0.15, 0.2) is 24.4 Å². The van der Waals surface area contributed by atoms with Gasteiger partial charge in [-0.15, -0.1) is 0 Å². The van der Waals surface area contributed by atoms with Crippen molar-refractivity contribution < 1.29 is 23.7 Å². The number of methoxy groups -OCH3 is 3. The van der Waals surface area contributed by atoms with Crippen molar-refractivity contribution in [3.05, 3.63) is 35.7 Å². The molecule has 148 valence electrons. The summed E-state index contributed by atoms with van der Waals surface area (Å²) in [5.41, 5.74) is 8.97. The number of ether oxygens (including phenoxy) is 4. The number of fused-ring (bicyclic) bond motifs is 1. The molecule has 3 rings (SSSR count). The summed E-state index contributed by atoms with van der Waals surface area (Å²) >= 11 is 0. The molecule has 0 aliphatic carbocycles. The minimum Gasteiger partial charge on any atom is -0.493 e. The van der Waals surface area contributed by atoms with Gasteiger partial charge in [-0.3, -0.25) is 0 Å². The van der Waals surface area contributed by atoms with Gasteiger partial charge in [0.1, 0.15) is 11.4 Å². The zero-order chi connectivity index (χ0) is 20.3. The van der Waals surface area contributed by atoms with Crippen LogP contribution in [0.3, 0.4) is 0 Å². The number of nitrogens with two attached hydrogens (primary N) is 1. The van der Waals surface area contributed by atoms with Gasteiger partial charge in [-0.2, -0.15) is 9.61 Å². The molecule has 0 radical (unpaired) electrons. The van der Waals surface area contributed by atoms with Crippen LogP contribution < -0.4 is 15.2 Å². The first-order chi connectivity index (χ1) is 13.5. The highest BCUT2D eigenvalue weighted by Crippen LogP contribution is 2.36. The van der Waals surface area contributed by atoms with E-state index in [-0.39, 0.29) is 24.6 Å². The van der Waals surface area contributed by atoms with Gasteiger partial charge in [0.15, 0.2) is 17.1 Å². The minimum atomic E-state index is -0.550. The topological polar surface area (TPSA) is 110 Å². The third-order valence-electron chi connectivity index (χ3n) is 4.20. The van der Waals surface area contributed by atoms with E-state index in [2.05, 4.69) is 10.1 Å². The van der Waals surface area contributed by atoms with Crippen molar-refractivity contribution in [1.82, 2.24) is 14.6 Å². The molecule has 2 heterocycles. The third-order valence-corrected chi connectivity index (χ3v) is 4.20. The molecule has 3 aromatic rings. The monoisotopic (exact) mass is 386 g/mol. The molecule has 0 aliphatic rings. The second-order valence-electron chi connectivity index (χ2n) is 5.84. The normalized spacial score (nSPS) is 10.9. The van der Waals surface area contributed by atoms with E-state index in [4.69, 9.17) is 24.7 Å². The van der Waals surface area contributed by atoms with Crippen LogP contribution >= 0.6 is 0 Å². The predicted octanol–water partition coefficient (Wildman–Crippen LogP) is 2.32. The number of aromatic nitrogens is 3. The molecule has 0 fully saturated rings. The first-order valence-electron chi connectivity index (χ1n) is 8.60. The van der Waals surface area contributed by atoms with Crippen LogP contribution in [-0.2, 0) is 16.1 Å². The number of rotatable bonds is 7. The Balaban J connectivity index is 2.23. The maximum absolute atomic E-state index is 12.1. The number of carbonyl (C=O) groups excluding carboxylic acids is 1. The lowest BCUT2D eigenvalue weighted by molar-refractivity contribution is 0.0526. The highest BCUT2D eigenvalue weighted by atomic mass is 16.5. The Labute approximate surface area is 162 Å². The molecule has 0 atom stereocenters. The molecule has 0 saturated carbocycles. The fourth-order valence-corrected chi connectivity index (χ4v) is 2.94. The zero-order valence-corrected chi connectivity index (χ0v) is 16.2. The van der Waals surface area contributed by atoms with Gasteiger partial charge in [0.2, 0.25) is 0 Å². The second-order valence-corrected chi connectivity index (χ2v) is 5.84. The van der Waals surface area contributed by atoms with E-state index in [1.807, 2.05) is 12.1 Å². The minimum absolute atomic E-state index is 0.146. The Morgan fingerprint density at radius 2 is 1.93 bits per heavy atom. The SMILES string of the molecule is CCOC(=O)c1cnc2c(-c3ccc(OC)c(OC)c3)c(COC)nn2c1N. The summed E-state index contributed by atoms with van der Waals surface area (Å²) in [7, 11) is 4.71. The number of nitrogen functional groups attached to an aromatic ring is 1. The van der Waals surface area contributed by atoms with Gasteiger partial charge >= 0.3 is 5.97 Å². The van der Waals surface area contributed by atoms with Gasteiger partial charge in [0.05, 0.1) is 38.7 Å². The van der Waals surface area contributed by atoms with Crippen LogP contribution in [0.25, 0.3) is 16.8 Å². The molecular weight excluding hydrogens is 364 g/mol. The van der Waals surface area contributed by atoms with E-state index < -0.39 is 5.97 Å². The third kappa shape index (κ3) is 3.31.